The molecule has 1 aliphatic rings. The summed E-state index contributed by atoms with van der Waals surface area (Å²) in [7, 11) is 0. The van der Waals surface area contributed by atoms with Gasteiger partial charge < -0.3 is 4.57 Å². The number of benzene rings is 5. The van der Waals surface area contributed by atoms with Crippen LogP contribution in [0.1, 0.15) is 73.2 Å². The summed E-state index contributed by atoms with van der Waals surface area (Å²) in [4.78, 5) is 0. The van der Waals surface area contributed by atoms with Gasteiger partial charge in [-0.1, -0.05) is 140 Å². The number of allylic oxidation sites excluding steroid dienone is 5. The summed E-state index contributed by atoms with van der Waals surface area (Å²) in [5.74, 6) is 0. The van der Waals surface area contributed by atoms with E-state index >= 15 is 0 Å². The minimum Gasteiger partial charge on any atom is -0.309 e. The van der Waals surface area contributed by atoms with Gasteiger partial charge in [0, 0.05) is 16.6 Å². The molecule has 1 aromatic heterocycles. The molecule has 5 aromatic carbocycles. The van der Waals surface area contributed by atoms with Crippen molar-refractivity contribution in [3.63, 3.8) is 0 Å². The van der Waals surface area contributed by atoms with Gasteiger partial charge in [-0.2, -0.15) is 0 Å². The number of fused-ring (bicyclic) bond motifs is 4. The zero-order valence-electron chi connectivity index (χ0n) is 27.8. The van der Waals surface area contributed by atoms with Gasteiger partial charge in [0.2, 0.25) is 0 Å². The molecule has 0 spiro atoms. The van der Waals surface area contributed by atoms with Crippen molar-refractivity contribution in [1.29, 1.82) is 0 Å². The molecule has 47 heavy (non-hydrogen) atoms. The molecule has 7 rings (SSSR count). The van der Waals surface area contributed by atoms with E-state index in [4.69, 9.17) is 0 Å². The topological polar surface area (TPSA) is 4.93 Å². The van der Waals surface area contributed by atoms with Crippen molar-refractivity contribution < 1.29 is 0 Å². The van der Waals surface area contributed by atoms with Crippen LogP contribution in [0.15, 0.2) is 152 Å². The quantitative estimate of drug-likeness (QED) is 0.151. The molecule has 0 atom stereocenters. The van der Waals surface area contributed by atoms with Crippen molar-refractivity contribution in [1.82, 2.24) is 4.57 Å². The summed E-state index contributed by atoms with van der Waals surface area (Å²) in [6.07, 6.45) is 11.9. The van der Waals surface area contributed by atoms with Crippen molar-refractivity contribution in [3.8, 4) is 16.8 Å². The third kappa shape index (κ3) is 4.86. The van der Waals surface area contributed by atoms with Gasteiger partial charge in [0.1, 0.15) is 0 Å². The second-order valence-corrected chi connectivity index (χ2v) is 12.6. The van der Waals surface area contributed by atoms with Gasteiger partial charge >= 0.3 is 0 Å². The lowest BCUT2D eigenvalue weighted by Crippen LogP contribution is -2.28. The van der Waals surface area contributed by atoms with Crippen LogP contribution in [0.25, 0.3) is 45.4 Å². The Bertz CT molecular complexity index is 2160. The average Bonchev–Trinajstić information content (AvgIpc) is 3.58. The van der Waals surface area contributed by atoms with E-state index in [0.717, 1.165) is 23.4 Å². The number of rotatable bonds is 8. The summed E-state index contributed by atoms with van der Waals surface area (Å²) in [5, 5.41) is 1.21. The molecule has 0 aliphatic heterocycles. The minimum absolute atomic E-state index is 0.411. The number of hydrogen-bond donors (Lipinski definition) is 0. The largest absolute Gasteiger partial charge is 0.309 e. The van der Waals surface area contributed by atoms with Gasteiger partial charge in [-0.3, -0.25) is 0 Å². The lowest BCUT2D eigenvalue weighted by atomic mass is 9.68. The first-order valence-electron chi connectivity index (χ1n) is 16.7. The van der Waals surface area contributed by atoms with E-state index in [1.54, 1.807) is 0 Å². The maximum absolute atomic E-state index is 4.29. The molecular weight excluding hydrogens is 567 g/mol. The van der Waals surface area contributed by atoms with Gasteiger partial charge in [-0.05, 0) is 102 Å². The zero-order valence-corrected chi connectivity index (χ0v) is 27.8. The Morgan fingerprint density at radius 2 is 1.40 bits per heavy atom. The predicted molar refractivity (Wildman–Crippen MR) is 203 cm³/mol. The zero-order chi connectivity index (χ0) is 32.5. The lowest BCUT2D eigenvalue weighted by Gasteiger charge is -2.33. The highest BCUT2D eigenvalue weighted by atomic mass is 15.0. The van der Waals surface area contributed by atoms with Gasteiger partial charge in [0.25, 0.3) is 0 Å². The van der Waals surface area contributed by atoms with Crippen LogP contribution in [0.4, 0.5) is 0 Å². The molecule has 1 nitrogen and oxygen atoms in total. The Morgan fingerprint density at radius 3 is 2.04 bits per heavy atom. The van der Waals surface area contributed by atoms with Crippen molar-refractivity contribution in [2.45, 2.75) is 39.5 Å². The first kappa shape index (κ1) is 30.3. The molecular formula is C46H41N. The Labute approximate surface area is 279 Å². The van der Waals surface area contributed by atoms with Crippen LogP contribution in [-0.4, -0.2) is 4.57 Å². The van der Waals surface area contributed by atoms with Crippen molar-refractivity contribution in [2.24, 2.45) is 0 Å². The van der Waals surface area contributed by atoms with Gasteiger partial charge in [-0.15, -0.1) is 0 Å². The fourth-order valence-electron chi connectivity index (χ4n) is 7.70. The molecule has 1 aliphatic carbocycles. The summed E-state index contributed by atoms with van der Waals surface area (Å²) in [6.45, 7) is 12.9. The Kier molecular flexibility index (Phi) is 8.00. The fourth-order valence-corrected chi connectivity index (χ4v) is 7.70. The smallest absolute Gasteiger partial charge is 0.0713 e. The molecule has 1 heteroatoms. The average molecular weight is 608 g/mol. The molecule has 0 N–H and O–H groups in total. The molecule has 6 aromatic rings. The molecule has 0 saturated carbocycles. The van der Waals surface area contributed by atoms with Crippen molar-refractivity contribution >= 4 is 28.6 Å². The van der Waals surface area contributed by atoms with Crippen LogP contribution in [0, 0.1) is 0 Å². The van der Waals surface area contributed by atoms with E-state index in [1.807, 2.05) is 6.08 Å². The first-order chi connectivity index (χ1) is 23.0. The second-order valence-electron chi connectivity index (χ2n) is 12.6. The monoisotopic (exact) mass is 607 g/mol. The second kappa shape index (κ2) is 12.4. The fraction of sp³-hybridized carbons (Fsp3) is 0.130. The lowest BCUT2D eigenvalue weighted by molar-refractivity contribution is 0.768. The minimum atomic E-state index is -0.411. The first-order valence-corrected chi connectivity index (χ1v) is 16.7. The van der Waals surface area contributed by atoms with Crippen molar-refractivity contribution in [2.75, 3.05) is 0 Å². The number of hydrogen-bond acceptors (Lipinski definition) is 0. The maximum Gasteiger partial charge on any atom is 0.0713 e. The SMILES string of the molecule is C=Cc1c(/C=C\C)n(-c2ccc3c(c2)-c2ccccc2C3(c2ccccc2)c2ccccc2)c2ccc(/C(C=C(C)C)=C/CC)cc12. The summed E-state index contributed by atoms with van der Waals surface area (Å²) in [5.41, 5.74) is 15.7. The van der Waals surface area contributed by atoms with Crippen LogP contribution in [0.3, 0.4) is 0 Å². The van der Waals surface area contributed by atoms with Crippen LogP contribution in [-0.2, 0) is 5.41 Å². The third-order valence-corrected chi connectivity index (χ3v) is 9.47. The van der Waals surface area contributed by atoms with E-state index in [9.17, 15) is 0 Å². The highest BCUT2D eigenvalue weighted by Crippen LogP contribution is 2.56. The van der Waals surface area contributed by atoms with E-state index in [0.29, 0.717) is 0 Å². The van der Waals surface area contributed by atoms with Gasteiger partial charge in [-0.25, -0.2) is 0 Å². The molecule has 0 unspecified atom stereocenters. The number of aromatic nitrogens is 1. The van der Waals surface area contributed by atoms with Gasteiger partial charge in [0.15, 0.2) is 0 Å². The summed E-state index contributed by atoms with van der Waals surface area (Å²) >= 11 is 0. The summed E-state index contributed by atoms with van der Waals surface area (Å²) in [6, 6.07) is 44.9. The number of nitrogens with zero attached hydrogens (tertiary/aromatic N) is 1. The maximum atomic E-state index is 4.29. The third-order valence-electron chi connectivity index (χ3n) is 9.47. The molecule has 1 heterocycles. The van der Waals surface area contributed by atoms with Crippen LogP contribution in [0.5, 0.6) is 0 Å². The Morgan fingerprint density at radius 1 is 0.745 bits per heavy atom. The molecule has 0 saturated heterocycles. The molecule has 0 radical (unpaired) electrons. The van der Waals surface area contributed by atoms with Crippen LogP contribution >= 0.6 is 0 Å². The molecule has 0 fully saturated rings. The van der Waals surface area contributed by atoms with E-state index < -0.39 is 5.41 Å². The van der Waals surface area contributed by atoms with E-state index in [1.165, 1.54) is 61.0 Å². The van der Waals surface area contributed by atoms with E-state index in [2.05, 4.69) is 184 Å². The summed E-state index contributed by atoms with van der Waals surface area (Å²) < 4.78 is 2.41. The van der Waals surface area contributed by atoms with Crippen molar-refractivity contribution in [3.05, 3.63) is 191 Å². The van der Waals surface area contributed by atoms with Gasteiger partial charge in [0.05, 0.1) is 16.6 Å². The Hall–Kier alpha value is -5.40. The van der Waals surface area contributed by atoms with Crippen LogP contribution in [0.2, 0.25) is 0 Å². The predicted octanol–water partition coefficient (Wildman–Crippen LogP) is 12.4. The normalized spacial score (nSPS) is 13.5. The molecule has 0 amide bonds. The van der Waals surface area contributed by atoms with Crippen LogP contribution < -0.4 is 0 Å². The Balaban J connectivity index is 1.51. The highest BCUT2D eigenvalue weighted by Gasteiger charge is 2.46. The standard InChI is InChI=1S/C46H41N/c1-6-17-33(29-32(4)5)34-25-28-45-41(30-34)38(8-3)44(18-7-2)47(45)37-26-27-43-40(31-37)39-23-15-16-24-42(39)46(43,35-19-11-9-12-20-35)36-21-13-10-14-22-36/h7-31H,3,6H2,1-2,4-5H3/b18-7-,33-17+. The van der Waals surface area contributed by atoms with E-state index in [-0.39, 0.29) is 0 Å². The molecule has 0 bridgehead atoms. The highest BCUT2D eigenvalue weighted by molar-refractivity contribution is 5.98. The molecule has 230 valence electrons.